The summed E-state index contributed by atoms with van der Waals surface area (Å²) in [5.41, 5.74) is 0.581. The molecule has 9 heteroatoms. The Morgan fingerprint density at radius 3 is 2.67 bits per heavy atom. The van der Waals surface area contributed by atoms with Gasteiger partial charge >= 0.3 is 0 Å². The van der Waals surface area contributed by atoms with Gasteiger partial charge in [-0.05, 0) is 30.7 Å². The highest BCUT2D eigenvalue weighted by Gasteiger charge is 2.16. The van der Waals surface area contributed by atoms with E-state index in [1.807, 2.05) is 0 Å². The minimum absolute atomic E-state index is 0.0762. The van der Waals surface area contributed by atoms with Crippen LogP contribution in [0.5, 0.6) is 5.75 Å². The third-order valence-corrected chi connectivity index (χ3v) is 7.09. The van der Waals surface area contributed by atoms with E-state index in [0.717, 1.165) is 4.70 Å². The van der Waals surface area contributed by atoms with Gasteiger partial charge in [-0.2, -0.15) is 0 Å². The quantitative estimate of drug-likeness (QED) is 0.615. The Kier molecular flexibility index (Phi) is 5.98. The van der Waals surface area contributed by atoms with Crippen LogP contribution in [0.1, 0.15) is 12.8 Å². The molecule has 1 aromatic heterocycles. The average Bonchev–Trinajstić information content (AvgIpc) is 3.07. The highest BCUT2D eigenvalue weighted by Crippen LogP contribution is 2.37. The number of nitrogens with one attached hydrogen (secondary N) is 1. The molecule has 0 aliphatic carbocycles. The number of sulfone groups is 1. The number of carbonyl (C=O) groups is 1. The summed E-state index contributed by atoms with van der Waals surface area (Å²) in [5, 5.41) is 3.62. The molecule has 6 nitrogen and oxygen atoms in total. The Balaban J connectivity index is 1.62. The van der Waals surface area contributed by atoms with Gasteiger partial charge in [-0.25, -0.2) is 13.4 Å². The molecule has 0 aliphatic rings. The lowest BCUT2D eigenvalue weighted by molar-refractivity contribution is -0.116. The van der Waals surface area contributed by atoms with E-state index >= 15 is 0 Å². The van der Waals surface area contributed by atoms with E-state index in [1.54, 1.807) is 42.5 Å². The van der Waals surface area contributed by atoms with Gasteiger partial charge in [-0.1, -0.05) is 41.1 Å². The summed E-state index contributed by atoms with van der Waals surface area (Å²) in [7, 11) is -1.86. The summed E-state index contributed by atoms with van der Waals surface area (Å²) in [6.07, 6.45) is 0.297. The van der Waals surface area contributed by atoms with Crippen molar-refractivity contribution in [3.05, 3.63) is 47.5 Å². The number of hydrogen-bond acceptors (Lipinski definition) is 6. The topological polar surface area (TPSA) is 85.4 Å². The first-order valence-electron chi connectivity index (χ1n) is 8.11. The molecule has 0 aliphatic heterocycles. The van der Waals surface area contributed by atoms with Crippen LogP contribution in [-0.4, -0.2) is 32.2 Å². The molecule has 0 spiro atoms. The molecule has 1 heterocycles. The number of carbonyl (C=O) groups excluding carboxylic acids is 1. The second-order valence-corrected chi connectivity index (χ2v) is 9.25. The van der Waals surface area contributed by atoms with Crippen LogP contribution in [0.15, 0.2) is 47.4 Å². The van der Waals surface area contributed by atoms with Crippen molar-refractivity contribution in [2.24, 2.45) is 0 Å². The summed E-state index contributed by atoms with van der Waals surface area (Å²) in [6, 6.07) is 11.6. The van der Waals surface area contributed by atoms with E-state index in [4.69, 9.17) is 16.3 Å². The van der Waals surface area contributed by atoms with Crippen LogP contribution in [0, 0.1) is 0 Å². The lowest BCUT2D eigenvalue weighted by atomic mass is 10.3. The summed E-state index contributed by atoms with van der Waals surface area (Å²) in [5.74, 6) is 0.178. The van der Waals surface area contributed by atoms with Crippen molar-refractivity contribution in [2.75, 3.05) is 18.2 Å². The van der Waals surface area contributed by atoms with Gasteiger partial charge in [0.15, 0.2) is 15.0 Å². The molecule has 0 radical (unpaired) electrons. The van der Waals surface area contributed by atoms with Gasteiger partial charge in [0.1, 0.15) is 11.3 Å². The summed E-state index contributed by atoms with van der Waals surface area (Å²) < 4.78 is 30.4. The smallest absolute Gasteiger partial charge is 0.226 e. The lowest BCUT2D eigenvalue weighted by Gasteiger charge is -2.04. The third-order valence-electron chi connectivity index (χ3n) is 3.84. The van der Waals surface area contributed by atoms with Crippen LogP contribution >= 0.6 is 22.9 Å². The first kappa shape index (κ1) is 19.6. The molecule has 142 valence electrons. The number of nitrogens with zero attached hydrogens (tertiary/aromatic N) is 1. The van der Waals surface area contributed by atoms with Gasteiger partial charge in [-0.3, -0.25) is 4.79 Å². The van der Waals surface area contributed by atoms with Crippen molar-refractivity contribution in [1.82, 2.24) is 4.98 Å². The zero-order valence-corrected chi connectivity index (χ0v) is 16.8. The molecule has 0 fully saturated rings. The first-order valence-corrected chi connectivity index (χ1v) is 11.0. The average molecular weight is 425 g/mol. The molecule has 0 unspecified atom stereocenters. The number of ether oxygens (including phenoxy) is 1. The molecule has 0 saturated carbocycles. The minimum Gasteiger partial charge on any atom is -0.494 e. The fourth-order valence-electron chi connectivity index (χ4n) is 2.52. The molecule has 3 aromatic rings. The van der Waals surface area contributed by atoms with Gasteiger partial charge in [0.25, 0.3) is 0 Å². The summed E-state index contributed by atoms with van der Waals surface area (Å²) in [4.78, 5) is 16.8. The number of anilines is 1. The standard InChI is InChI=1S/C18H17ClN2O4S2/c1-25-14-10-9-13(19)17-16(14)21-18(26-17)20-15(22)8-5-11-27(23,24)12-6-3-2-4-7-12/h2-4,6-7,9-10H,5,8,11H2,1H3,(H,20,21,22). The highest BCUT2D eigenvalue weighted by atomic mass is 35.5. The second kappa shape index (κ2) is 8.24. The predicted molar refractivity (Wildman–Crippen MR) is 108 cm³/mol. The van der Waals surface area contributed by atoms with Crippen LogP contribution < -0.4 is 10.1 Å². The Hall–Kier alpha value is -2.16. The number of halogens is 1. The Morgan fingerprint density at radius 2 is 1.96 bits per heavy atom. The van der Waals surface area contributed by atoms with Crippen molar-refractivity contribution < 1.29 is 17.9 Å². The van der Waals surface area contributed by atoms with Crippen LogP contribution in [0.2, 0.25) is 5.02 Å². The molecule has 3 rings (SSSR count). The van der Waals surface area contributed by atoms with Crippen molar-refractivity contribution in [3.63, 3.8) is 0 Å². The molecular formula is C18H17ClN2O4S2. The molecule has 1 N–H and O–H groups in total. The maximum Gasteiger partial charge on any atom is 0.226 e. The van der Waals surface area contributed by atoms with E-state index in [2.05, 4.69) is 10.3 Å². The normalized spacial score (nSPS) is 11.5. The second-order valence-electron chi connectivity index (χ2n) is 5.73. The van der Waals surface area contributed by atoms with E-state index in [-0.39, 0.29) is 29.4 Å². The van der Waals surface area contributed by atoms with Gasteiger partial charge in [0.2, 0.25) is 5.91 Å². The van der Waals surface area contributed by atoms with E-state index in [0.29, 0.717) is 21.4 Å². The van der Waals surface area contributed by atoms with Crippen LogP contribution in [0.25, 0.3) is 10.2 Å². The Morgan fingerprint density at radius 1 is 1.22 bits per heavy atom. The lowest BCUT2D eigenvalue weighted by Crippen LogP contribution is -2.14. The zero-order valence-electron chi connectivity index (χ0n) is 14.4. The van der Waals surface area contributed by atoms with Gasteiger partial charge < -0.3 is 10.1 Å². The van der Waals surface area contributed by atoms with Crippen LogP contribution in [0.3, 0.4) is 0 Å². The van der Waals surface area contributed by atoms with Crippen LogP contribution in [-0.2, 0) is 14.6 Å². The predicted octanol–water partition coefficient (Wildman–Crippen LogP) is 4.15. The number of benzene rings is 2. The number of hydrogen-bond donors (Lipinski definition) is 1. The Bertz CT molecular complexity index is 1070. The van der Waals surface area contributed by atoms with E-state index in [9.17, 15) is 13.2 Å². The first-order chi connectivity index (χ1) is 12.9. The van der Waals surface area contributed by atoms with Gasteiger partial charge in [0, 0.05) is 6.42 Å². The Labute approximate surface area is 166 Å². The zero-order chi connectivity index (χ0) is 19.4. The van der Waals surface area contributed by atoms with E-state index in [1.165, 1.54) is 18.4 Å². The van der Waals surface area contributed by atoms with Crippen LogP contribution in [0.4, 0.5) is 5.13 Å². The molecule has 0 atom stereocenters. The molecular weight excluding hydrogens is 408 g/mol. The van der Waals surface area contributed by atoms with Crippen molar-refractivity contribution in [1.29, 1.82) is 0 Å². The van der Waals surface area contributed by atoms with Crippen molar-refractivity contribution in [3.8, 4) is 5.75 Å². The van der Waals surface area contributed by atoms with Crippen molar-refractivity contribution in [2.45, 2.75) is 17.7 Å². The molecule has 1 amide bonds. The largest absolute Gasteiger partial charge is 0.494 e. The number of fused-ring (bicyclic) bond motifs is 1. The number of amides is 1. The van der Waals surface area contributed by atoms with E-state index < -0.39 is 9.84 Å². The molecule has 27 heavy (non-hydrogen) atoms. The SMILES string of the molecule is COc1ccc(Cl)c2sc(NC(=O)CCCS(=O)(=O)c3ccccc3)nc12. The van der Waals surface area contributed by atoms with Gasteiger partial charge in [-0.15, -0.1) is 0 Å². The number of methoxy groups -OCH3 is 1. The fraction of sp³-hybridized carbons (Fsp3) is 0.222. The molecule has 2 aromatic carbocycles. The third kappa shape index (κ3) is 4.58. The monoisotopic (exact) mass is 424 g/mol. The molecule has 0 bridgehead atoms. The van der Waals surface area contributed by atoms with Crippen molar-refractivity contribution >= 4 is 54.0 Å². The molecule has 0 saturated heterocycles. The number of aromatic nitrogens is 1. The highest BCUT2D eigenvalue weighted by molar-refractivity contribution is 7.91. The number of rotatable bonds is 7. The summed E-state index contributed by atoms with van der Waals surface area (Å²) >= 11 is 7.41. The fourth-order valence-corrected chi connectivity index (χ4v) is 5.02. The minimum atomic E-state index is -3.39. The summed E-state index contributed by atoms with van der Waals surface area (Å²) in [6.45, 7) is 0. The van der Waals surface area contributed by atoms with Gasteiger partial charge in [0.05, 0.1) is 27.5 Å². The maximum atomic E-state index is 12.2. The number of thiazole rings is 1. The maximum absolute atomic E-state index is 12.2.